The number of carbonyl (C=O) groups is 2. The zero-order valence-electron chi connectivity index (χ0n) is 15.8. The highest BCUT2D eigenvalue weighted by atomic mass is 16.5. The van der Waals surface area contributed by atoms with E-state index in [0.29, 0.717) is 17.4 Å². The molecular weight excluding hydrogens is 362 g/mol. The molecular formula is C19H25N5O4. The van der Waals surface area contributed by atoms with Crippen LogP contribution in [0.4, 0.5) is 10.6 Å². The molecule has 2 aromatic rings. The van der Waals surface area contributed by atoms with Gasteiger partial charge in [-0.05, 0) is 44.9 Å². The first-order valence-electron chi connectivity index (χ1n) is 9.77. The van der Waals surface area contributed by atoms with E-state index in [9.17, 15) is 14.7 Å². The molecule has 3 atom stereocenters. The molecule has 9 heteroatoms. The second-order valence-corrected chi connectivity index (χ2v) is 7.86. The van der Waals surface area contributed by atoms with Gasteiger partial charge >= 0.3 is 6.09 Å². The molecule has 0 saturated heterocycles. The summed E-state index contributed by atoms with van der Waals surface area (Å²) in [4.78, 5) is 25.5. The molecule has 0 radical (unpaired) electrons. The van der Waals surface area contributed by atoms with Gasteiger partial charge in [-0.2, -0.15) is 5.10 Å². The fourth-order valence-corrected chi connectivity index (χ4v) is 4.25. The van der Waals surface area contributed by atoms with E-state index in [0.717, 1.165) is 37.8 Å². The van der Waals surface area contributed by atoms with Crippen molar-refractivity contribution < 1.29 is 19.2 Å². The Morgan fingerprint density at radius 2 is 2.21 bits per heavy atom. The van der Waals surface area contributed by atoms with Gasteiger partial charge in [0.15, 0.2) is 5.82 Å². The predicted octanol–water partition coefficient (Wildman–Crippen LogP) is 2.99. The van der Waals surface area contributed by atoms with Crippen LogP contribution >= 0.6 is 0 Å². The van der Waals surface area contributed by atoms with Crippen molar-refractivity contribution in [1.82, 2.24) is 20.3 Å². The highest BCUT2D eigenvalue weighted by Gasteiger charge is 2.41. The Balaban J connectivity index is 1.35. The van der Waals surface area contributed by atoms with Crippen molar-refractivity contribution >= 4 is 17.8 Å². The summed E-state index contributed by atoms with van der Waals surface area (Å²) < 4.78 is 4.72. The first-order chi connectivity index (χ1) is 13.5. The normalized spacial score (nSPS) is 22.8. The maximum Gasteiger partial charge on any atom is 0.407 e. The summed E-state index contributed by atoms with van der Waals surface area (Å²) in [6, 6.07) is 3.59. The van der Waals surface area contributed by atoms with Crippen LogP contribution in [0.3, 0.4) is 0 Å². The fourth-order valence-electron chi connectivity index (χ4n) is 4.25. The third kappa shape index (κ3) is 4.02. The van der Waals surface area contributed by atoms with Gasteiger partial charge in [0, 0.05) is 35.8 Å². The molecule has 4 rings (SSSR count). The first kappa shape index (κ1) is 18.5. The summed E-state index contributed by atoms with van der Waals surface area (Å²) in [5.74, 6) is 0.973. The minimum absolute atomic E-state index is 0.0339. The number of nitrogens with zero attached hydrogens (tertiary/aromatic N) is 3. The number of H-pyrrole nitrogens is 1. The molecule has 2 aliphatic carbocycles. The smallest absolute Gasteiger partial charge is 0.407 e. The Morgan fingerprint density at radius 3 is 2.89 bits per heavy atom. The molecule has 150 valence electrons. The molecule has 2 fully saturated rings. The molecule has 2 aromatic heterocycles. The van der Waals surface area contributed by atoms with Crippen molar-refractivity contribution in [2.24, 2.45) is 5.92 Å². The maximum atomic E-state index is 12.1. The van der Waals surface area contributed by atoms with Gasteiger partial charge in [0.25, 0.3) is 0 Å². The lowest BCUT2D eigenvalue weighted by Gasteiger charge is -2.32. The summed E-state index contributed by atoms with van der Waals surface area (Å²) in [6.45, 7) is 2.03. The predicted molar refractivity (Wildman–Crippen MR) is 99.9 cm³/mol. The van der Waals surface area contributed by atoms with E-state index in [1.807, 2.05) is 13.0 Å². The van der Waals surface area contributed by atoms with E-state index in [4.69, 9.17) is 4.52 Å². The van der Waals surface area contributed by atoms with Crippen LogP contribution in [0.1, 0.15) is 56.3 Å². The van der Waals surface area contributed by atoms with Gasteiger partial charge in [0.05, 0.1) is 12.1 Å². The number of aromatic amines is 1. The van der Waals surface area contributed by atoms with E-state index in [1.54, 1.807) is 11.0 Å². The zero-order chi connectivity index (χ0) is 19.7. The van der Waals surface area contributed by atoms with Crippen molar-refractivity contribution in [3.05, 3.63) is 29.8 Å². The SMILES string of the molecule is C[C@@H](C1CC1)N(C(=O)O)[C@@H]1CC[C@H](c2cc(NC(=O)Cc3ccon3)n[nH]2)C1. The van der Waals surface area contributed by atoms with Gasteiger partial charge < -0.3 is 19.8 Å². The van der Waals surface area contributed by atoms with Gasteiger partial charge in [0.2, 0.25) is 5.91 Å². The van der Waals surface area contributed by atoms with Crippen molar-refractivity contribution in [3.63, 3.8) is 0 Å². The number of carbonyl (C=O) groups excluding carboxylic acids is 1. The van der Waals surface area contributed by atoms with Crippen LogP contribution in [0, 0.1) is 5.92 Å². The van der Waals surface area contributed by atoms with Crippen LogP contribution < -0.4 is 5.32 Å². The van der Waals surface area contributed by atoms with E-state index in [2.05, 4.69) is 20.7 Å². The van der Waals surface area contributed by atoms with E-state index in [1.165, 1.54) is 6.26 Å². The number of anilines is 1. The van der Waals surface area contributed by atoms with Crippen molar-refractivity contribution in [1.29, 1.82) is 0 Å². The van der Waals surface area contributed by atoms with Gasteiger partial charge in [-0.1, -0.05) is 5.16 Å². The number of amides is 2. The van der Waals surface area contributed by atoms with E-state index in [-0.39, 0.29) is 30.3 Å². The number of carboxylic acid groups (broad SMARTS) is 1. The summed E-state index contributed by atoms with van der Waals surface area (Å²) in [5.41, 5.74) is 1.49. The monoisotopic (exact) mass is 387 g/mol. The highest BCUT2D eigenvalue weighted by molar-refractivity contribution is 5.91. The van der Waals surface area contributed by atoms with Crippen LogP contribution in [0.15, 0.2) is 22.9 Å². The molecule has 2 saturated carbocycles. The quantitative estimate of drug-likeness (QED) is 0.671. The Hall–Kier alpha value is -2.84. The Labute approximate surface area is 162 Å². The Morgan fingerprint density at radius 1 is 1.39 bits per heavy atom. The fraction of sp³-hybridized carbons (Fsp3) is 0.579. The number of hydrogen-bond acceptors (Lipinski definition) is 5. The van der Waals surface area contributed by atoms with E-state index < -0.39 is 6.09 Å². The summed E-state index contributed by atoms with van der Waals surface area (Å²) in [5, 5.41) is 23.3. The molecule has 0 unspecified atom stereocenters. The summed E-state index contributed by atoms with van der Waals surface area (Å²) in [6.07, 6.45) is 5.50. The minimum Gasteiger partial charge on any atom is -0.465 e. The molecule has 28 heavy (non-hydrogen) atoms. The van der Waals surface area contributed by atoms with E-state index >= 15 is 0 Å². The van der Waals surface area contributed by atoms with Gasteiger partial charge in [-0.25, -0.2) is 4.79 Å². The Bertz CT molecular complexity index is 829. The molecule has 2 amide bonds. The molecule has 0 bridgehead atoms. The second-order valence-electron chi connectivity index (χ2n) is 7.86. The highest BCUT2D eigenvalue weighted by Crippen LogP contribution is 2.41. The lowest BCUT2D eigenvalue weighted by atomic mass is 10.0. The zero-order valence-corrected chi connectivity index (χ0v) is 15.8. The minimum atomic E-state index is -0.824. The molecule has 3 N–H and O–H groups in total. The average molecular weight is 387 g/mol. The van der Waals surface area contributed by atoms with Crippen LogP contribution in [-0.2, 0) is 11.2 Å². The average Bonchev–Trinajstić information content (AvgIpc) is 3.01. The van der Waals surface area contributed by atoms with Crippen LogP contribution in [0.25, 0.3) is 0 Å². The van der Waals surface area contributed by atoms with Crippen LogP contribution in [0.2, 0.25) is 0 Å². The number of rotatable bonds is 7. The van der Waals surface area contributed by atoms with Crippen LogP contribution in [-0.4, -0.2) is 49.4 Å². The molecule has 0 aromatic carbocycles. The lowest BCUT2D eigenvalue weighted by molar-refractivity contribution is -0.115. The molecule has 0 spiro atoms. The van der Waals surface area contributed by atoms with Crippen molar-refractivity contribution in [2.75, 3.05) is 5.32 Å². The van der Waals surface area contributed by atoms with Gasteiger partial charge in [-0.3, -0.25) is 9.89 Å². The van der Waals surface area contributed by atoms with Crippen molar-refractivity contribution in [3.8, 4) is 0 Å². The maximum absolute atomic E-state index is 12.1. The van der Waals surface area contributed by atoms with Gasteiger partial charge in [-0.15, -0.1) is 0 Å². The molecule has 2 heterocycles. The first-order valence-corrected chi connectivity index (χ1v) is 9.77. The standard InChI is InChI=1S/C19H25N5O4/c1-11(12-2-3-12)24(19(26)27)15-5-4-13(8-15)16-10-17(22-21-16)20-18(25)9-14-6-7-28-23-14/h6-7,10-13,15H,2-5,8-9H2,1H3,(H,26,27)(H2,20,21,22,25)/t11-,13-,15+/m0/s1. The number of hydrogen-bond donors (Lipinski definition) is 3. The largest absolute Gasteiger partial charge is 0.465 e. The molecule has 0 aliphatic heterocycles. The number of nitrogens with one attached hydrogen (secondary N) is 2. The van der Waals surface area contributed by atoms with Crippen LogP contribution in [0.5, 0.6) is 0 Å². The third-order valence-electron chi connectivity index (χ3n) is 5.90. The van der Waals surface area contributed by atoms with Crippen molar-refractivity contribution in [2.45, 2.75) is 63.5 Å². The summed E-state index contributed by atoms with van der Waals surface area (Å²) in [7, 11) is 0. The number of aromatic nitrogens is 3. The van der Waals surface area contributed by atoms with Gasteiger partial charge in [0.1, 0.15) is 6.26 Å². The third-order valence-corrected chi connectivity index (χ3v) is 5.90. The molecule has 9 nitrogen and oxygen atoms in total. The summed E-state index contributed by atoms with van der Waals surface area (Å²) >= 11 is 0. The Kier molecular flexibility index (Phi) is 5.06. The second kappa shape index (κ2) is 7.65. The topological polar surface area (TPSA) is 124 Å². The lowest BCUT2D eigenvalue weighted by Crippen LogP contribution is -2.45. The molecule has 2 aliphatic rings.